The predicted molar refractivity (Wildman–Crippen MR) is 174 cm³/mol. The molecule has 2 aliphatic rings. The summed E-state index contributed by atoms with van der Waals surface area (Å²) in [6, 6.07) is 10.4. The standard InChI is InChI=1S/C32H41FN6O4Si/c1-19-14-22(33)25(16-27(19)43-44(5,6)32(2,3)4)36-24-11-12-34-29-28(24)30(40)38-26-15-20(9-10-23(26)37-29)17-39-13-7-8-21(18-39)35-31(41)42/h9-12,14-16,21,35H,7-8,13,17-18H2,1-6H3,(H,38,40)(H,41,42)(H2,34,36,37)/t21-/m1/s1. The molecule has 2 amide bonds. The van der Waals surface area contributed by atoms with E-state index in [4.69, 9.17) is 9.53 Å². The highest BCUT2D eigenvalue weighted by atomic mass is 28.4. The molecule has 1 fully saturated rings. The lowest BCUT2D eigenvalue weighted by Gasteiger charge is -2.37. The number of pyridine rings is 1. The maximum Gasteiger partial charge on any atom is 0.404 e. The molecular weight excluding hydrogens is 579 g/mol. The molecule has 2 aromatic carbocycles. The summed E-state index contributed by atoms with van der Waals surface area (Å²) in [5.74, 6) is 0.127. The Morgan fingerprint density at radius 3 is 2.66 bits per heavy atom. The van der Waals surface area contributed by atoms with E-state index in [0.29, 0.717) is 47.3 Å². The number of hydrogen-bond donors (Lipinski definition) is 5. The number of carboxylic acid groups (broad SMARTS) is 1. The zero-order valence-electron chi connectivity index (χ0n) is 26.1. The smallest absolute Gasteiger partial charge is 0.404 e. The first-order chi connectivity index (χ1) is 20.7. The van der Waals surface area contributed by atoms with Crippen LogP contribution in [0.1, 0.15) is 55.1 Å². The molecule has 0 radical (unpaired) electrons. The minimum absolute atomic E-state index is 0.0315. The van der Waals surface area contributed by atoms with Crippen LogP contribution in [-0.4, -0.2) is 54.4 Å². The van der Waals surface area contributed by atoms with Crippen LogP contribution in [0.3, 0.4) is 0 Å². The van der Waals surface area contributed by atoms with Crippen LogP contribution in [0.4, 0.5) is 37.8 Å². The second-order valence-electron chi connectivity index (χ2n) is 13.1. The number of fused-ring (bicyclic) bond motifs is 2. The molecule has 1 aromatic heterocycles. The van der Waals surface area contributed by atoms with E-state index < -0.39 is 20.2 Å². The Labute approximate surface area is 258 Å². The van der Waals surface area contributed by atoms with E-state index in [1.807, 2.05) is 25.1 Å². The van der Waals surface area contributed by atoms with E-state index in [-0.39, 0.29) is 28.2 Å². The molecule has 3 aromatic rings. The number of aryl methyl sites for hydroxylation is 1. The van der Waals surface area contributed by atoms with E-state index in [2.05, 4.69) is 65.0 Å². The number of carbonyl (C=O) groups excluding carboxylic acids is 1. The molecule has 12 heteroatoms. The van der Waals surface area contributed by atoms with E-state index in [9.17, 15) is 9.59 Å². The van der Waals surface area contributed by atoms with Crippen molar-refractivity contribution in [1.29, 1.82) is 0 Å². The highest BCUT2D eigenvalue weighted by Crippen LogP contribution is 2.40. The van der Waals surface area contributed by atoms with Crippen LogP contribution >= 0.6 is 0 Å². The maximum absolute atomic E-state index is 15.3. The fraction of sp³-hybridized carbons (Fsp3) is 0.406. The quantitative estimate of drug-likeness (QED) is 0.176. The molecule has 234 valence electrons. The molecule has 5 rings (SSSR count). The maximum atomic E-state index is 15.3. The van der Waals surface area contributed by atoms with Crippen molar-refractivity contribution in [2.45, 2.75) is 71.3 Å². The summed E-state index contributed by atoms with van der Waals surface area (Å²) in [5, 5.41) is 21.0. The topological polar surface area (TPSA) is 128 Å². The first-order valence-corrected chi connectivity index (χ1v) is 17.8. The summed E-state index contributed by atoms with van der Waals surface area (Å²) in [7, 11) is -2.18. The summed E-state index contributed by atoms with van der Waals surface area (Å²) >= 11 is 0. The van der Waals surface area contributed by atoms with Crippen LogP contribution < -0.4 is 25.7 Å². The van der Waals surface area contributed by atoms with Crippen molar-refractivity contribution in [3.8, 4) is 5.75 Å². The molecule has 10 nitrogen and oxygen atoms in total. The monoisotopic (exact) mass is 620 g/mol. The summed E-state index contributed by atoms with van der Waals surface area (Å²) in [6.07, 6.45) is 2.27. The van der Waals surface area contributed by atoms with Crippen molar-refractivity contribution in [3.63, 3.8) is 0 Å². The normalized spacial score (nSPS) is 17.0. The molecule has 0 saturated carbocycles. The molecule has 1 atom stereocenters. The number of hydrogen-bond acceptors (Lipinski definition) is 7. The van der Waals surface area contributed by atoms with Crippen LogP contribution in [-0.2, 0) is 6.54 Å². The second-order valence-corrected chi connectivity index (χ2v) is 17.9. The Morgan fingerprint density at radius 1 is 1.16 bits per heavy atom. The average molecular weight is 621 g/mol. The molecule has 3 heterocycles. The molecule has 0 bridgehead atoms. The Morgan fingerprint density at radius 2 is 1.93 bits per heavy atom. The van der Waals surface area contributed by atoms with Gasteiger partial charge in [-0.25, -0.2) is 14.2 Å². The first kappa shape index (κ1) is 31.3. The van der Waals surface area contributed by atoms with Crippen molar-refractivity contribution in [3.05, 3.63) is 65.1 Å². The first-order valence-electron chi connectivity index (χ1n) is 14.9. The fourth-order valence-corrected chi connectivity index (χ4v) is 6.36. The van der Waals surface area contributed by atoms with Gasteiger partial charge in [0.2, 0.25) is 8.32 Å². The van der Waals surface area contributed by atoms with Gasteiger partial charge in [-0.15, -0.1) is 0 Å². The Bertz CT molecular complexity index is 1590. The number of anilines is 5. The lowest BCUT2D eigenvalue weighted by Crippen LogP contribution is -2.46. The van der Waals surface area contributed by atoms with Gasteiger partial charge in [-0.1, -0.05) is 26.8 Å². The van der Waals surface area contributed by atoms with Gasteiger partial charge < -0.3 is 30.8 Å². The lowest BCUT2D eigenvalue weighted by molar-refractivity contribution is 0.102. The SMILES string of the molecule is Cc1cc(F)c(Nc2ccnc3c2C(=O)Nc2cc(CN4CCC[C@@H](NC(=O)O)C4)ccc2N3)cc1O[Si](C)(C)C(C)(C)C. The number of carbonyl (C=O) groups is 2. The summed E-state index contributed by atoms with van der Waals surface area (Å²) in [6.45, 7) is 14.7. The van der Waals surface area contributed by atoms with E-state index in [1.54, 1.807) is 18.3 Å². The van der Waals surface area contributed by atoms with Crippen LogP contribution in [0.2, 0.25) is 18.1 Å². The van der Waals surface area contributed by atoms with E-state index in [0.717, 1.165) is 24.9 Å². The van der Waals surface area contributed by atoms with Crippen LogP contribution in [0.15, 0.2) is 42.6 Å². The molecular formula is C32H41FN6O4Si. The number of aromatic nitrogens is 1. The van der Waals surface area contributed by atoms with Crippen molar-refractivity contribution in [2.75, 3.05) is 29.0 Å². The molecule has 0 aliphatic carbocycles. The van der Waals surface area contributed by atoms with Gasteiger partial charge in [0.25, 0.3) is 5.91 Å². The highest BCUT2D eigenvalue weighted by molar-refractivity contribution is 6.74. The fourth-order valence-electron chi connectivity index (χ4n) is 5.29. The van der Waals surface area contributed by atoms with E-state index in [1.165, 1.54) is 6.07 Å². The third-order valence-corrected chi connectivity index (χ3v) is 13.1. The molecule has 0 spiro atoms. The third kappa shape index (κ3) is 6.81. The molecule has 2 aliphatic heterocycles. The van der Waals surface area contributed by atoms with Gasteiger partial charge in [0.05, 0.1) is 22.7 Å². The average Bonchev–Trinajstić information content (AvgIpc) is 3.06. The largest absolute Gasteiger partial charge is 0.543 e. The zero-order valence-corrected chi connectivity index (χ0v) is 27.1. The number of nitrogens with zero attached hydrogens (tertiary/aromatic N) is 2. The molecule has 1 saturated heterocycles. The minimum Gasteiger partial charge on any atom is -0.543 e. The number of piperidine rings is 1. The highest BCUT2D eigenvalue weighted by Gasteiger charge is 2.39. The number of nitrogens with one attached hydrogen (secondary N) is 4. The number of likely N-dealkylation sites (tertiary alicyclic amines) is 1. The van der Waals surface area contributed by atoms with Gasteiger partial charge in [0, 0.05) is 31.4 Å². The summed E-state index contributed by atoms with van der Waals surface area (Å²) in [4.78, 5) is 31.3. The number of rotatable bonds is 7. The Kier molecular flexibility index (Phi) is 8.59. The van der Waals surface area contributed by atoms with Gasteiger partial charge in [-0.3, -0.25) is 9.69 Å². The molecule has 0 unspecified atom stereocenters. The van der Waals surface area contributed by atoms with Gasteiger partial charge in [-0.2, -0.15) is 0 Å². The Hall–Kier alpha value is -4.16. The number of halogens is 1. The van der Waals surface area contributed by atoms with Crippen molar-refractivity contribution in [2.24, 2.45) is 0 Å². The zero-order chi connectivity index (χ0) is 31.8. The third-order valence-electron chi connectivity index (χ3n) is 8.71. The summed E-state index contributed by atoms with van der Waals surface area (Å²) in [5.41, 5.74) is 3.83. The molecule has 5 N–H and O–H groups in total. The van der Waals surface area contributed by atoms with Gasteiger partial charge >= 0.3 is 6.09 Å². The Balaban J connectivity index is 1.37. The van der Waals surface area contributed by atoms with Crippen LogP contribution in [0.5, 0.6) is 5.75 Å². The predicted octanol–water partition coefficient (Wildman–Crippen LogP) is 7.20. The van der Waals surface area contributed by atoms with Crippen LogP contribution in [0.25, 0.3) is 0 Å². The van der Waals surface area contributed by atoms with Crippen molar-refractivity contribution < 1.29 is 23.5 Å². The van der Waals surface area contributed by atoms with Crippen molar-refractivity contribution >= 4 is 48.9 Å². The van der Waals surface area contributed by atoms with Crippen LogP contribution in [0, 0.1) is 12.7 Å². The van der Waals surface area contributed by atoms with Gasteiger partial charge in [-0.05, 0) is 79.8 Å². The number of benzene rings is 2. The summed E-state index contributed by atoms with van der Waals surface area (Å²) < 4.78 is 21.8. The minimum atomic E-state index is -2.18. The molecule has 44 heavy (non-hydrogen) atoms. The lowest BCUT2D eigenvalue weighted by atomic mass is 10.0. The van der Waals surface area contributed by atoms with Gasteiger partial charge in [0.1, 0.15) is 22.9 Å². The van der Waals surface area contributed by atoms with E-state index >= 15 is 4.39 Å². The number of amides is 2. The van der Waals surface area contributed by atoms with Gasteiger partial charge in [0.15, 0.2) is 0 Å². The van der Waals surface area contributed by atoms with Crippen molar-refractivity contribution in [1.82, 2.24) is 15.2 Å². The second kappa shape index (κ2) is 12.1.